The fourth-order valence-corrected chi connectivity index (χ4v) is 3.51. The molecule has 0 aliphatic carbocycles. The lowest BCUT2D eigenvalue weighted by Gasteiger charge is -2.15. The lowest BCUT2D eigenvalue weighted by atomic mass is 10.1. The molecule has 0 fully saturated rings. The highest BCUT2D eigenvalue weighted by Gasteiger charge is 2.23. The number of nitro benzene ring substituents is 1. The lowest BCUT2D eigenvalue weighted by Crippen LogP contribution is -2.41. The van der Waals surface area contributed by atoms with Crippen molar-refractivity contribution in [1.29, 1.82) is 0 Å². The standard InChI is InChI=1S/C17H19N3O6S/c1-11-15(5-4-6-16(11)20(22)23)18-17(21)12(2)19-27(24,25)14-9-7-13(26-3)8-10-14/h4-10,12,19H,1-3H3,(H,18,21)/t12-/m1/s1. The van der Waals surface area contributed by atoms with Crippen LogP contribution in [0.15, 0.2) is 47.4 Å². The Labute approximate surface area is 156 Å². The summed E-state index contributed by atoms with van der Waals surface area (Å²) < 4.78 is 32.0. The van der Waals surface area contributed by atoms with Gasteiger partial charge in [-0.25, -0.2) is 8.42 Å². The zero-order valence-electron chi connectivity index (χ0n) is 14.9. The molecule has 2 aromatic rings. The number of rotatable bonds is 7. The largest absolute Gasteiger partial charge is 0.497 e. The number of nitrogens with zero attached hydrogens (tertiary/aromatic N) is 1. The van der Waals surface area contributed by atoms with Crippen LogP contribution in [-0.2, 0) is 14.8 Å². The number of nitrogens with one attached hydrogen (secondary N) is 2. The minimum absolute atomic E-state index is 0.0190. The van der Waals surface area contributed by atoms with Gasteiger partial charge in [-0.15, -0.1) is 0 Å². The van der Waals surface area contributed by atoms with Crippen LogP contribution in [0, 0.1) is 17.0 Å². The average Bonchev–Trinajstić information content (AvgIpc) is 2.62. The third-order valence-corrected chi connectivity index (χ3v) is 5.41. The van der Waals surface area contributed by atoms with Gasteiger partial charge in [-0.2, -0.15) is 4.72 Å². The molecule has 1 atom stereocenters. The van der Waals surface area contributed by atoms with Crippen LogP contribution < -0.4 is 14.8 Å². The van der Waals surface area contributed by atoms with E-state index in [0.29, 0.717) is 5.75 Å². The summed E-state index contributed by atoms with van der Waals surface area (Å²) in [6.07, 6.45) is 0. The monoisotopic (exact) mass is 393 g/mol. The molecule has 2 N–H and O–H groups in total. The van der Waals surface area contributed by atoms with E-state index in [0.717, 1.165) is 0 Å². The molecule has 0 heterocycles. The molecule has 0 aromatic heterocycles. The van der Waals surface area contributed by atoms with Gasteiger partial charge in [0.15, 0.2) is 0 Å². The fraction of sp³-hybridized carbons (Fsp3) is 0.235. The molecule has 1 amide bonds. The number of hydrogen-bond donors (Lipinski definition) is 2. The van der Waals surface area contributed by atoms with Crippen LogP contribution >= 0.6 is 0 Å². The van der Waals surface area contributed by atoms with E-state index in [1.54, 1.807) is 0 Å². The summed E-state index contributed by atoms with van der Waals surface area (Å²) in [7, 11) is -2.47. The van der Waals surface area contributed by atoms with Crippen molar-refractivity contribution in [3.63, 3.8) is 0 Å². The topological polar surface area (TPSA) is 128 Å². The first-order valence-corrected chi connectivity index (χ1v) is 9.35. The smallest absolute Gasteiger partial charge is 0.274 e. The summed E-state index contributed by atoms with van der Waals surface area (Å²) in [5.41, 5.74) is 0.380. The van der Waals surface area contributed by atoms with Gasteiger partial charge in [-0.3, -0.25) is 14.9 Å². The van der Waals surface area contributed by atoms with E-state index in [2.05, 4.69) is 10.0 Å². The van der Waals surface area contributed by atoms with Crippen molar-refractivity contribution in [3.8, 4) is 5.75 Å². The third kappa shape index (κ3) is 4.80. The summed E-state index contributed by atoms with van der Waals surface area (Å²) >= 11 is 0. The van der Waals surface area contributed by atoms with Gasteiger partial charge in [0.2, 0.25) is 15.9 Å². The van der Waals surface area contributed by atoms with Crippen LogP contribution in [0.25, 0.3) is 0 Å². The molecule has 144 valence electrons. The van der Waals surface area contributed by atoms with Gasteiger partial charge in [-0.05, 0) is 44.2 Å². The molecule has 2 rings (SSSR count). The SMILES string of the molecule is COc1ccc(S(=O)(=O)N[C@H](C)C(=O)Nc2cccc([N+](=O)[O-])c2C)cc1. The average molecular weight is 393 g/mol. The molecular weight excluding hydrogens is 374 g/mol. The molecule has 0 aliphatic heterocycles. The first-order chi connectivity index (χ1) is 12.7. The Morgan fingerprint density at radius 3 is 2.37 bits per heavy atom. The molecule has 0 unspecified atom stereocenters. The van der Waals surface area contributed by atoms with Crippen LogP contribution in [0.1, 0.15) is 12.5 Å². The van der Waals surface area contributed by atoms with Crippen molar-refractivity contribution in [2.75, 3.05) is 12.4 Å². The first-order valence-electron chi connectivity index (χ1n) is 7.87. The van der Waals surface area contributed by atoms with Crippen molar-refractivity contribution in [1.82, 2.24) is 4.72 Å². The molecule has 0 spiro atoms. The quantitative estimate of drug-likeness (QED) is 0.548. The number of hydrogen-bond acceptors (Lipinski definition) is 6. The zero-order valence-corrected chi connectivity index (χ0v) is 15.7. The number of benzene rings is 2. The molecule has 0 radical (unpaired) electrons. The summed E-state index contributed by atoms with van der Waals surface area (Å²) in [6, 6.07) is 8.86. The van der Waals surface area contributed by atoms with Gasteiger partial charge in [0.25, 0.3) is 5.69 Å². The van der Waals surface area contributed by atoms with E-state index in [-0.39, 0.29) is 21.8 Å². The van der Waals surface area contributed by atoms with E-state index < -0.39 is 26.9 Å². The second-order valence-corrected chi connectivity index (χ2v) is 7.43. The maximum absolute atomic E-state index is 12.4. The fourth-order valence-electron chi connectivity index (χ4n) is 2.31. The molecule has 0 saturated heterocycles. The number of carbonyl (C=O) groups excluding carboxylic acids is 1. The first kappa shape index (κ1) is 20.3. The van der Waals surface area contributed by atoms with Crippen molar-refractivity contribution < 1.29 is 22.9 Å². The van der Waals surface area contributed by atoms with E-state index in [4.69, 9.17) is 4.74 Å². The number of amides is 1. The Hall–Kier alpha value is -2.98. The van der Waals surface area contributed by atoms with E-state index >= 15 is 0 Å². The predicted molar refractivity (Wildman–Crippen MR) is 99.2 cm³/mol. The minimum atomic E-state index is -3.93. The van der Waals surface area contributed by atoms with E-state index in [1.807, 2.05) is 0 Å². The number of carbonyl (C=O) groups is 1. The van der Waals surface area contributed by atoms with Gasteiger partial charge < -0.3 is 10.1 Å². The molecule has 9 nitrogen and oxygen atoms in total. The van der Waals surface area contributed by atoms with Crippen molar-refractivity contribution >= 4 is 27.3 Å². The Morgan fingerprint density at radius 1 is 1.19 bits per heavy atom. The summed E-state index contributed by atoms with van der Waals surface area (Å²) in [6.45, 7) is 2.88. The van der Waals surface area contributed by atoms with Crippen molar-refractivity contribution in [2.24, 2.45) is 0 Å². The highest BCUT2D eigenvalue weighted by atomic mass is 32.2. The van der Waals surface area contributed by atoms with E-state index in [9.17, 15) is 23.3 Å². The molecule has 10 heteroatoms. The summed E-state index contributed by atoms with van der Waals surface area (Å²) in [5.74, 6) is -0.142. The Bertz CT molecular complexity index is 957. The Balaban J connectivity index is 2.13. The molecule has 27 heavy (non-hydrogen) atoms. The minimum Gasteiger partial charge on any atom is -0.497 e. The van der Waals surface area contributed by atoms with Gasteiger partial charge in [0, 0.05) is 6.07 Å². The second-order valence-electron chi connectivity index (χ2n) is 5.71. The maximum Gasteiger partial charge on any atom is 0.274 e. The number of sulfonamides is 1. The van der Waals surface area contributed by atoms with Crippen molar-refractivity contribution in [2.45, 2.75) is 24.8 Å². The highest BCUT2D eigenvalue weighted by Crippen LogP contribution is 2.25. The highest BCUT2D eigenvalue weighted by molar-refractivity contribution is 7.89. The summed E-state index contributed by atoms with van der Waals surface area (Å²) in [5, 5.41) is 13.5. The summed E-state index contributed by atoms with van der Waals surface area (Å²) in [4.78, 5) is 22.7. The lowest BCUT2D eigenvalue weighted by molar-refractivity contribution is -0.385. The molecular formula is C17H19N3O6S. The number of methoxy groups -OCH3 is 1. The molecule has 0 aliphatic rings. The number of ether oxygens (including phenoxy) is 1. The second kappa shape index (κ2) is 8.14. The normalized spacial score (nSPS) is 12.3. The number of nitro groups is 1. The van der Waals surface area contributed by atoms with Crippen LogP contribution in [0.4, 0.5) is 11.4 Å². The van der Waals surface area contributed by atoms with E-state index in [1.165, 1.54) is 63.4 Å². The van der Waals surface area contributed by atoms with Gasteiger partial charge >= 0.3 is 0 Å². The Kier molecular flexibility index (Phi) is 6.13. The van der Waals surface area contributed by atoms with Crippen LogP contribution in [0.5, 0.6) is 5.75 Å². The van der Waals surface area contributed by atoms with Gasteiger partial charge in [0.1, 0.15) is 5.75 Å². The van der Waals surface area contributed by atoms with Crippen LogP contribution in [0.2, 0.25) is 0 Å². The molecule has 0 saturated carbocycles. The van der Waals surface area contributed by atoms with Gasteiger partial charge in [0.05, 0.1) is 34.2 Å². The van der Waals surface area contributed by atoms with Gasteiger partial charge in [-0.1, -0.05) is 6.07 Å². The third-order valence-electron chi connectivity index (χ3n) is 3.85. The predicted octanol–water partition coefficient (Wildman–Crippen LogP) is 2.22. The Morgan fingerprint density at radius 2 is 1.81 bits per heavy atom. The maximum atomic E-state index is 12.4. The zero-order chi connectivity index (χ0) is 20.2. The molecule has 0 bridgehead atoms. The van der Waals surface area contributed by atoms with Crippen molar-refractivity contribution in [3.05, 3.63) is 58.1 Å². The molecule has 2 aromatic carbocycles. The number of anilines is 1. The van der Waals surface area contributed by atoms with Crippen LogP contribution in [-0.4, -0.2) is 32.4 Å². The van der Waals surface area contributed by atoms with Crippen LogP contribution in [0.3, 0.4) is 0 Å².